The van der Waals surface area contributed by atoms with Gasteiger partial charge in [-0.25, -0.2) is 4.98 Å². The van der Waals surface area contributed by atoms with Gasteiger partial charge in [0.25, 0.3) is 5.91 Å². The van der Waals surface area contributed by atoms with Gasteiger partial charge < -0.3 is 5.11 Å². The van der Waals surface area contributed by atoms with Gasteiger partial charge in [-0.2, -0.15) is 17.5 Å². The number of benzene rings is 1. The molecule has 10 heteroatoms. The smallest absolute Gasteiger partial charge is 0.393 e. The number of thiophene rings is 1. The fraction of sp³-hybridized carbons (Fsp3) is 0.235. The minimum Gasteiger partial charge on any atom is -0.393 e. The van der Waals surface area contributed by atoms with Gasteiger partial charge in [-0.05, 0) is 30.7 Å². The fourth-order valence-electron chi connectivity index (χ4n) is 2.28. The number of halogens is 3. The number of rotatable bonds is 5. The lowest BCUT2D eigenvalue weighted by molar-refractivity contribution is -0.137. The number of hydrogen-bond donors (Lipinski definition) is 2. The molecule has 0 aliphatic rings. The normalized spacial score (nSPS) is 12.8. The summed E-state index contributed by atoms with van der Waals surface area (Å²) in [5.74, 6) is 0.00416. The Morgan fingerprint density at radius 1 is 1.33 bits per heavy atom. The van der Waals surface area contributed by atoms with Gasteiger partial charge in [0.1, 0.15) is 5.82 Å². The Kier molecular flexibility index (Phi) is 5.59. The Bertz CT molecular complexity index is 951. The molecule has 142 valence electrons. The predicted octanol–water partition coefficient (Wildman–Crippen LogP) is 4.46. The molecule has 3 aromatic rings. The fourth-order valence-corrected chi connectivity index (χ4v) is 3.76. The van der Waals surface area contributed by atoms with Crippen LogP contribution in [0.1, 0.15) is 28.7 Å². The molecule has 0 aliphatic heterocycles. The molecular formula is C17H14F3N3O2S2. The molecule has 0 radical (unpaired) electrons. The number of hydrogen-bond acceptors (Lipinski definition) is 6. The highest BCUT2D eigenvalue weighted by molar-refractivity contribution is 7.14. The molecule has 1 amide bonds. The first kappa shape index (κ1) is 19.5. The van der Waals surface area contributed by atoms with E-state index in [1.54, 1.807) is 18.4 Å². The second-order valence-corrected chi connectivity index (χ2v) is 7.46. The topological polar surface area (TPSA) is 75.1 Å². The zero-order valence-corrected chi connectivity index (χ0v) is 15.6. The number of carbonyl (C=O) groups excluding carboxylic acids is 1. The lowest BCUT2D eigenvalue weighted by Gasteiger charge is -2.07. The highest BCUT2D eigenvalue weighted by Gasteiger charge is 2.30. The number of carbonyl (C=O) groups is 1. The van der Waals surface area contributed by atoms with Crippen LogP contribution in [-0.2, 0) is 12.6 Å². The monoisotopic (exact) mass is 413 g/mol. The van der Waals surface area contributed by atoms with Crippen molar-refractivity contribution in [3.63, 3.8) is 0 Å². The van der Waals surface area contributed by atoms with Crippen molar-refractivity contribution in [3.05, 3.63) is 52.7 Å². The molecule has 27 heavy (non-hydrogen) atoms. The Balaban J connectivity index is 1.74. The van der Waals surface area contributed by atoms with Crippen molar-refractivity contribution in [1.29, 1.82) is 0 Å². The van der Waals surface area contributed by atoms with Crippen LogP contribution in [0, 0.1) is 0 Å². The van der Waals surface area contributed by atoms with Crippen molar-refractivity contribution in [2.24, 2.45) is 0 Å². The van der Waals surface area contributed by atoms with Crippen LogP contribution in [0.2, 0.25) is 0 Å². The molecule has 3 rings (SSSR count). The van der Waals surface area contributed by atoms with E-state index in [9.17, 15) is 23.1 Å². The molecule has 1 atom stereocenters. The number of nitrogens with zero attached hydrogens (tertiary/aromatic N) is 2. The van der Waals surface area contributed by atoms with E-state index in [0.717, 1.165) is 23.7 Å². The number of aromatic nitrogens is 2. The first-order chi connectivity index (χ1) is 12.7. The summed E-state index contributed by atoms with van der Waals surface area (Å²) in [7, 11) is 0. The quantitative estimate of drug-likeness (QED) is 0.648. The molecule has 0 saturated carbocycles. The molecule has 0 saturated heterocycles. The van der Waals surface area contributed by atoms with Crippen LogP contribution in [-0.4, -0.2) is 26.5 Å². The van der Waals surface area contributed by atoms with Crippen LogP contribution in [0.25, 0.3) is 10.4 Å². The van der Waals surface area contributed by atoms with E-state index in [1.165, 1.54) is 23.5 Å². The number of aliphatic hydroxyl groups is 1. The minimum absolute atomic E-state index is 0.282. The van der Waals surface area contributed by atoms with Gasteiger partial charge in [0, 0.05) is 28.2 Å². The summed E-state index contributed by atoms with van der Waals surface area (Å²) < 4.78 is 42.6. The van der Waals surface area contributed by atoms with E-state index in [0.29, 0.717) is 27.0 Å². The third-order valence-electron chi connectivity index (χ3n) is 3.50. The van der Waals surface area contributed by atoms with Crippen molar-refractivity contribution in [2.45, 2.75) is 25.6 Å². The lowest BCUT2D eigenvalue weighted by atomic mass is 10.1. The summed E-state index contributed by atoms with van der Waals surface area (Å²) in [5.41, 5.74) is -0.0254. The van der Waals surface area contributed by atoms with Gasteiger partial charge in [0.2, 0.25) is 5.13 Å². The molecule has 5 nitrogen and oxygen atoms in total. The van der Waals surface area contributed by atoms with Gasteiger partial charge in [0.05, 0.1) is 17.2 Å². The maximum absolute atomic E-state index is 12.9. The van der Waals surface area contributed by atoms with Crippen LogP contribution >= 0.6 is 22.9 Å². The molecule has 0 aliphatic carbocycles. The first-order valence-corrected chi connectivity index (χ1v) is 9.46. The Labute approximate surface area is 160 Å². The van der Waals surface area contributed by atoms with Crippen molar-refractivity contribution in [3.8, 4) is 10.4 Å². The van der Waals surface area contributed by atoms with Crippen molar-refractivity contribution >= 4 is 33.9 Å². The molecule has 0 spiro atoms. The Morgan fingerprint density at radius 2 is 2.11 bits per heavy atom. The van der Waals surface area contributed by atoms with E-state index >= 15 is 0 Å². The van der Waals surface area contributed by atoms with Gasteiger partial charge in [-0.3, -0.25) is 10.1 Å². The van der Waals surface area contributed by atoms with E-state index in [-0.39, 0.29) is 6.42 Å². The molecular weight excluding hydrogens is 399 g/mol. The molecule has 2 N–H and O–H groups in total. The average Bonchev–Trinajstić information content (AvgIpc) is 3.23. The third kappa shape index (κ3) is 4.90. The maximum Gasteiger partial charge on any atom is 0.416 e. The maximum atomic E-state index is 12.9. The number of aliphatic hydroxyl groups excluding tert-OH is 1. The SMILES string of the molecule is CC(O)Cc1nsc(NC(=O)c2csc(-c3cccc(C(F)(F)F)c3)c2)n1. The Hall–Kier alpha value is -2.30. The summed E-state index contributed by atoms with van der Waals surface area (Å²) in [6.45, 7) is 1.61. The van der Waals surface area contributed by atoms with Crippen LogP contribution in [0.3, 0.4) is 0 Å². The van der Waals surface area contributed by atoms with E-state index in [1.807, 2.05) is 0 Å². The highest BCUT2D eigenvalue weighted by atomic mass is 32.1. The first-order valence-electron chi connectivity index (χ1n) is 7.80. The van der Waals surface area contributed by atoms with E-state index in [4.69, 9.17) is 0 Å². The zero-order valence-electron chi connectivity index (χ0n) is 13.9. The summed E-state index contributed by atoms with van der Waals surface area (Å²) in [6, 6.07) is 6.50. The third-order valence-corrected chi connectivity index (χ3v) is 5.15. The van der Waals surface area contributed by atoms with Gasteiger partial charge >= 0.3 is 6.18 Å². The van der Waals surface area contributed by atoms with E-state index in [2.05, 4.69) is 14.7 Å². The Morgan fingerprint density at radius 3 is 2.81 bits per heavy atom. The average molecular weight is 413 g/mol. The number of nitrogens with one attached hydrogen (secondary N) is 1. The van der Waals surface area contributed by atoms with Crippen LogP contribution in [0.4, 0.5) is 18.3 Å². The van der Waals surface area contributed by atoms with Crippen molar-refractivity contribution < 1.29 is 23.1 Å². The predicted molar refractivity (Wildman–Crippen MR) is 98.0 cm³/mol. The number of alkyl halides is 3. The van der Waals surface area contributed by atoms with Gasteiger partial charge in [0.15, 0.2) is 0 Å². The molecule has 2 heterocycles. The number of anilines is 1. The van der Waals surface area contributed by atoms with Gasteiger partial charge in [-0.1, -0.05) is 12.1 Å². The largest absolute Gasteiger partial charge is 0.416 e. The van der Waals surface area contributed by atoms with Crippen molar-refractivity contribution in [2.75, 3.05) is 5.32 Å². The zero-order chi connectivity index (χ0) is 19.6. The van der Waals surface area contributed by atoms with E-state index < -0.39 is 23.8 Å². The molecule has 1 unspecified atom stereocenters. The summed E-state index contributed by atoms with van der Waals surface area (Å²) in [6.07, 6.45) is -4.73. The van der Waals surface area contributed by atoms with Crippen molar-refractivity contribution in [1.82, 2.24) is 9.36 Å². The minimum atomic E-state index is -4.42. The second-order valence-electron chi connectivity index (χ2n) is 5.80. The van der Waals surface area contributed by atoms with Crippen LogP contribution < -0.4 is 5.32 Å². The molecule has 0 fully saturated rings. The molecule has 1 aromatic carbocycles. The van der Waals surface area contributed by atoms with Gasteiger partial charge in [-0.15, -0.1) is 11.3 Å². The summed E-state index contributed by atoms with van der Waals surface area (Å²) in [4.78, 5) is 17.0. The van der Waals surface area contributed by atoms with Crippen LogP contribution in [0.5, 0.6) is 0 Å². The summed E-state index contributed by atoms with van der Waals surface area (Å²) >= 11 is 2.18. The number of amides is 1. The second kappa shape index (κ2) is 7.75. The summed E-state index contributed by atoms with van der Waals surface area (Å²) in [5, 5.41) is 13.8. The molecule has 2 aromatic heterocycles. The molecule has 0 bridgehead atoms. The van der Waals surface area contributed by atoms with Crippen LogP contribution in [0.15, 0.2) is 35.7 Å². The highest BCUT2D eigenvalue weighted by Crippen LogP contribution is 2.34. The lowest BCUT2D eigenvalue weighted by Crippen LogP contribution is -2.11. The standard InChI is InChI=1S/C17H14F3N3O2S2/c1-9(24)5-14-21-16(27-23-14)22-15(25)11-7-13(26-8-11)10-3-2-4-12(6-10)17(18,19)20/h2-4,6-9,24H,5H2,1H3,(H,21,22,23,25).